The predicted molar refractivity (Wildman–Crippen MR) is 198 cm³/mol. The summed E-state index contributed by atoms with van der Waals surface area (Å²) in [7, 11) is 0. The summed E-state index contributed by atoms with van der Waals surface area (Å²) >= 11 is 0. The van der Waals surface area contributed by atoms with Crippen LogP contribution < -0.4 is 16.0 Å². The molecule has 0 bridgehead atoms. The first kappa shape index (κ1) is 36.4. The molecule has 0 saturated heterocycles. The number of Topliss-reactive ketones (excluding diaryl/α,β-unsaturated/α-hetero) is 1. The van der Waals surface area contributed by atoms with E-state index >= 15 is 0 Å². The Kier molecular flexibility index (Phi) is 12.2. The molecule has 9 nitrogen and oxygen atoms in total. The molecule has 0 fully saturated rings. The van der Waals surface area contributed by atoms with Crippen molar-refractivity contribution in [1.29, 1.82) is 0 Å². The monoisotopic (exact) mass is 682 g/mol. The summed E-state index contributed by atoms with van der Waals surface area (Å²) in [6.45, 7) is 3.59. The average molecular weight is 683 g/mol. The molecule has 260 valence electrons. The molecule has 51 heavy (non-hydrogen) atoms. The molecule has 0 unspecified atom stereocenters. The fourth-order valence-corrected chi connectivity index (χ4v) is 6.27. The van der Waals surface area contributed by atoms with E-state index in [-0.39, 0.29) is 29.6 Å². The minimum Gasteiger partial charge on any atom is -0.347 e. The first-order valence-electron chi connectivity index (χ1n) is 17.0. The van der Waals surface area contributed by atoms with Crippen LogP contribution in [0.3, 0.4) is 0 Å². The van der Waals surface area contributed by atoms with Crippen LogP contribution in [0.4, 0.5) is 5.69 Å². The lowest BCUT2D eigenvalue weighted by Gasteiger charge is -2.40. The number of non-ortho nitro benzene ring substituents is 1. The first-order chi connectivity index (χ1) is 24.7. The summed E-state index contributed by atoms with van der Waals surface area (Å²) in [5.41, 5.74) is 2.90. The summed E-state index contributed by atoms with van der Waals surface area (Å²) in [5, 5.41) is 20.5. The predicted octanol–water partition coefficient (Wildman–Crippen LogP) is 6.62. The lowest BCUT2D eigenvalue weighted by atomic mass is 9.76. The number of amides is 2. The Labute approximate surface area is 298 Å². The Hall–Kier alpha value is -5.93. The summed E-state index contributed by atoms with van der Waals surface area (Å²) in [4.78, 5) is 51.6. The standard InChI is InChI=1S/C42H42N4O5/c1-30(2)27-37(40(48)43-29-39(47)32-23-25-36(26-24-32)46(50)51)44-41(49)38(28-31-15-7-3-8-16-31)45-42(33-17-9-4-10-18-33,34-19-11-5-12-20-34)35-21-13-6-14-22-35/h3-26,30,37-38,45H,27-29H2,1-2H3,(H,43,48)(H,44,49)/t37-,38-/m0/s1. The van der Waals surface area contributed by atoms with Gasteiger partial charge in [-0.2, -0.15) is 0 Å². The van der Waals surface area contributed by atoms with Gasteiger partial charge in [-0.3, -0.25) is 29.8 Å². The van der Waals surface area contributed by atoms with E-state index in [1.807, 2.05) is 135 Å². The van der Waals surface area contributed by atoms with Gasteiger partial charge in [-0.15, -0.1) is 0 Å². The van der Waals surface area contributed by atoms with E-state index in [9.17, 15) is 24.5 Å². The van der Waals surface area contributed by atoms with Gasteiger partial charge >= 0.3 is 0 Å². The molecular formula is C42H42N4O5. The Balaban J connectivity index is 1.47. The molecule has 9 heteroatoms. The van der Waals surface area contributed by atoms with Crippen molar-refractivity contribution in [2.24, 2.45) is 5.92 Å². The lowest BCUT2D eigenvalue weighted by Crippen LogP contribution is -2.59. The van der Waals surface area contributed by atoms with E-state index in [0.29, 0.717) is 12.8 Å². The quantitative estimate of drug-likeness (QED) is 0.0465. The van der Waals surface area contributed by atoms with E-state index in [1.165, 1.54) is 24.3 Å². The van der Waals surface area contributed by atoms with Gasteiger partial charge in [-0.25, -0.2) is 0 Å². The van der Waals surface area contributed by atoms with Crippen LogP contribution in [0, 0.1) is 16.0 Å². The molecule has 0 aromatic heterocycles. The van der Waals surface area contributed by atoms with Crippen LogP contribution in [0.5, 0.6) is 0 Å². The van der Waals surface area contributed by atoms with Crippen molar-refractivity contribution in [2.45, 2.75) is 44.3 Å². The Morgan fingerprint density at radius 1 is 0.647 bits per heavy atom. The Morgan fingerprint density at radius 3 is 1.57 bits per heavy atom. The molecule has 2 atom stereocenters. The van der Waals surface area contributed by atoms with Crippen molar-refractivity contribution in [3.63, 3.8) is 0 Å². The molecule has 5 aromatic carbocycles. The number of nitro benzene ring substituents is 1. The van der Waals surface area contributed by atoms with Crippen molar-refractivity contribution >= 4 is 23.3 Å². The van der Waals surface area contributed by atoms with E-state index in [2.05, 4.69) is 16.0 Å². The van der Waals surface area contributed by atoms with Gasteiger partial charge in [0.1, 0.15) is 6.04 Å². The second-order valence-electron chi connectivity index (χ2n) is 12.9. The molecule has 5 aromatic rings. The SMILES string of the molecule is CC(C)C[C@H](NC(=O)[C@H](Cc1ccccc1)NC(c1ccccc1)(c1ccccc1)c1ccccc1)C(=O)NCC(=O)c1ccc([N+](=O)[O-])cc1. The van der Waals surface area contributed by atoms with Gasteiger partial charge < -0.3 is 10.6 Å². The smallest absolute Gasteiger partial charge is 0.269 e. The van der Waals surface area contributed by atoms with E-state index in [0.717, 1.165) is 22.3 Å². The van der Waals surface area contributed by atoms with Crippen LogP contribution in [-0.2, 0) is 21.5 Å². The van der Waals surface area contributed by atoms with Crippen LogP contribution in [-0.4, -0.2) is 41.1 Å². The molecule has 0 aliphatic carbocycles. The van der Waals surface area contributed by atoms with Crippen LogP contribution in [0.25, 0.3) is 0 Å². The zero-order chi connectivity index (χ0) is 36.2. The molecule has 0 aliphatic rings. The van der Waals surface area contributed by atoms with Crippen molar-refractivity contribution in [2.75, 3.05) is 6.54 Å². The maximum atomic E-state index is 14.6. The van der Waals surface area contributed by atoms with Gasteiger partial charge in [-0.1, -0.05) is 135 Å². The highest BCUT2D eigenvalue weighted by Crippen LogP contribution is 2.37. The van der Waals surface area contributed by atoms with Crippen LogP contribution in [0.15, 0.2) is 146 Å². The first-order valence-corrected chi connectivity index (χ1v) is 17.0. The third kappa shape index (κ3) is 9.20. The number of carbonyl (C=O) groups excluding carboxylic acids is 3. The van der Waals surface area contributed by atoms with Gasteiger partial charge in [0.05, 0.1) is 23.0 Å². The van der Waals surface area contributed by atoms with Gasteiger partial charge in [-0.05, 0) is 53.1 Å². The highest BCUT2D eigenvalue weighted by molar-refractivity contribution is 6.00. The third-order valence-electron chi connectivity index (χ3n) is 8.77. The van der Waals surface area contributed by atoms with E-state index in [1.54, 1.807) is 0 Å². The number of hydrogen-bond acceptors (Lipinski definition) is 6. The molecule has 0 radical (unpaired) electrons. The molecule has 3 N–H and O–H groups in total. The topological polar surface area (TPSA) is 130 Å². The number of nitrogens with one attached hydrogen (secondary N) is 3. The molecule has 0 spiro atoms. The maximum absolute atomic E-state index is 14.6. The van der Waals surface area contributed by atoms with Crippen LogP contribution in [0.2, 0.25) is 0 Å². The summed E-state index contributed by atoms with van der Waals surface area (Å²) in [6.07, 6.45) is 0.665. The largest absolute Gasteiger partial charge is 0.347 e. The third-order valence-corrected chi connectivity index (χ3v) is 8.77. The normalized spacial score (nSPS) is 12.5. The number of nitrogens with zero attached hydrogens (tertiary/aromatic N) is 1. The van der Waals surface area contributed by atoms with Gasteiger partial charge in [0.15, 0.2) is 5.78 Å². The van der Waals surface area contributed by atoms with Gasteiger partial charge in [0, 0.05) is 17.7 Å². The molecule has 2 amide bonds. The summed E-state index contributed by atoms with van der Waals surface area (Å²) < 4.78 is 0. The molecule has 0 saturated carbocycles. The zero-order valence-corrected chi connectivity index (χ0v) is 28.7. The number of carbonyl (C=O) groups is 3. The minimum absolute atomic E-state index is 0.0454. The molecule has 0 aliphatic heterocycles. The number of ketones is 1. The maximum Gasteiger partial charge on any atom is 0.269 e. The Morgan fingerprint density at radius 2 is 1.12 bits per heavy atom. The number of rotatable bonds is 16. The van der Waals surface area contributed by atoms with Gasteiger partial charge in [0.25, 0.3) is 5.69 Å². The molecule has 0 heterocycles. The number of hydrogen-bond donors (Lipinski definition) is 3. The molecule has 5 rings (SSSR count). The minimum atomic E-state index is -0.951. The van der Waals surface area contributed by atoms with Crippen molar-refractivity contribution in [3.8, 4) is 0 Å². The summed E-state index contributed by atoms with van der Waals surface area (Å²) in [5.74, 6) is -1.22. The van der Waals surface area contributed by atoms with Crippen molar-refractivity contribution in [1.82, 2.24) is 16.0 Å². The zero-order valence-electron chi connectivity index (χ0n) is 28.7. The van der Waals surface area contributed by atoms with E-state index in [4.69, 9.17) is 0 Å². The highest BCUT2D eigenvalue weighted by atomic mass is 16.6. The number of benzene rings is 5. The lowest BCUT2D eigenvalue weighted by molar-refractivity contribution is -0.384. The highest BCUT2D eigenvalue weighted by Gasteiger charge is 2.40. The Bertz CT molecular complexity index is 1800. The fraction of sp³-hybridized carbons (Fsp3) is 0.214. The van der Waals surface area contributed by atoms with Crippen molar-refractivity contribution in [3.05, 3.63) is 184 Å². The second kappa shape index (κ2) is 17.1. The average Bonchev–Trinajstić information content (AvgIpc) is 3.16. The molecular weight excluding hydrogens is 640 g/mol. The summed E-state index contributed by atoms with van der Waals surface area (Å²) in [6, 6.07) is 43.2. The fourth-order valence-electron chi connectivity index (χ4n) is 6.27. The van der Waals surface area contributed by atoms with Crippen LogP contribution in [0.1, 0.15) is 52.9 Å². The number of nitro groups is 1. The van der Waals surface area contributed by atoms with Gasteiger partial charge in [0.2, 0.25) is 11.8 Å². The van der Waals surface area contributed by atoms with Crippen molar-refractivity contribution < 1.29 is 19.3 Å². The van der Waals surface area contributed by atoms with Crippen LogP contribution >= 0.6 is 0 Å². The van der Waals surface area contributed by atoms with E-state index < -0.39 is 34.2 Å². The second-order valence-corrected chi connectivity index (χ2v) is 12.9.